The lowest BCUT2D eigenvalue weighted by Gasteiger charge is -2.38. The van der Waals surface area contributed by atoms with Crippen molar-refractivity contribution in [3.63, 3.8) is 0 Å². The predicted molar refractivity (Wildman–Crippen MR) is 94.2 cm³/mol. The topological polar surface area (TPSA) is 23.6 Å². The van der Waals surface area contributed by atoms with Crippen molar-refractivity contribution < 1.29 is 4.79 Å². The van der Waals surface area contributed by atoms with Crippen LogP contribution < -0.4 is 0 Å². The molecule has 0 unspecified atom stereocenters. The summed E-state index contributed by atoms with van der Waals surface area (Å²) in [5.74, 6) is 0.357. The van der Waals surface area contributed by atoms with Crippen molar-refractivity contribution in [1.29, 1.82) is 0 Å². The Morgan fingerprint density at radius 2 is 1.91 bits per heavy atom. The highest BCUT2D eigenvalue weighted by Crippen LogP contribution is 2.40. The summed E-state index contributed by atoms with van der Waals surface area (Å²) >= 11 is 0. The molecule has 3 rings (SSSR count). The maximum atomic E-state index is 12.5. The largest absolute Gasteiger partial charge is 0.333 e. The third-order valence-corrected chi connectivity index (χ3v) is 5.70. The van der Waals surface area contributed by atoms with E-state index in [9.17, 15) is 4.79 Å². The molecule has 0 aromatic heterocycles. The number of rotatable bonds is 5. The minimum absolute atomic E-state index is 0.119. The average molecular weight is 314 g/mol. The quantitative estimate of drug-likeness (QED) is 0.824. The van der Waals surface area contributed by atoms with Crippen molar-refractivity contribution in [3.8, 4) is 0 Å². The molecule has 126 valence electrons. The summed E-state index contributed by atoms with van der Waals surface area (Å²) in [5.41, 5.74) is 1.38. The van der Waals surface area contributed by atoms with E-state index >= 15 is 0 Å². The van der Waals surface area contributed by atoms with Crippen LogP contribution in [-0.2, 0) is 11.3 Å². The molecule has 1 amide bonds. The Labute approximate surface area is 140 Å². The summed E-state index contributed by atoms with van der Waals surface area (Å²) in [4.78, 5) is 17.4. The van der Waals surface area contributed by atoms with Gasteiger partial charge in [0.2, 0.25) is 5.91 Å². The van der Waals surface area contributed by atoms with Gasteiger partial charge in [-0.1, -0.05) is 43.7 Å². The molecule has 23 heavy (non-hydrogen) atoms. The lowest BCUT2D eigenvalue weighted by Crippen LogP contribution is -2.45. The van der Waals surface area contributed by atoms with E-state index in [1.54, 1.807) is 0 Å². The van der Waals surface area contributed by atoms with Crippen molar-refractivity contribution in [2.75, 3.05) is 19.6 Å². The Hall–Kier alpha value is -1.35. The predicted octanol–water partition coefficient (Wildman–Crippen LogP) is 3.83. The van der Waals surface area contributed by atoms with Crippen molar-refractivity contribution in [2.24, 2.45) is 0 Å². The van der Waals surface area contributed by atoms with Crippen molar-refractivity contribution in [1.82, 2.24) is 9.80 Å². The Bertz CT molecular complexity index is 516. The van der Waals surface area contributed by atoms with E-state index in [1.165, 1.54) is 44.3 Å². The minimum atomic E-state index is 0.119. The second kappa shape index (κ2) is 7.48. The maximum Gasteiger partial charge on any atom is 0.223 e. The molecule has 2 fully saturated rings. The maximum absolute atomic E-state index is 12.5. The summed E-state index contributed by atoms with van der Waals surface area (Å²) in [5, 5.41) is 0. The second-order valence-electron chi connectivity index (χ2n) is 7.24. The van der Waals surface area contributed by atoms with Gasteiger partial charge in [-0.3, -0.25) is 4.79 Å². The van der Waals surface area contributed by atoms with Crippen LogP contribution in [0.4, 0.5) is 0 Å². The lowest BCUT2D eigenvalue weighted by molar-refractivity contribution is -0.132. The van der Waals surface area contributed by atoms with Crippen LogP contribution in [0.1, 0.15) is 57.4 Å². The third-order valence-electron chi connectivity index (χ3n) is 5.70. The lowest BCUT2D eigenvalue weighted by atomic mass is 9.87. The zero-order valence-corrected chi connectivity index (χ0v) is 14.5. The van der Waals surface area contributed by atoms with Crippen molar-refractivity contribution in [2.45, 2.75) is 64.0 Å². The van der Waals surface area contributed by atoms with Crippen LogP contribution in [0, 0.1) is 0 Å². The van der Waals surface area contributed by atoms with Crippen LogP contribution in [0.5, 0.6) is 0 Å². The molecule has 2 aliphatic rings. The summed E-state index contributed by atoms with van der Waals surface area (Å²) in [6.45, 7) is 6.62. The van der Waals surface area contributed by atoms with Crippen molar-refractivity contribution >= 4 is 5.91 Å². The fourth-order valence-electron chi connectivity index (χ4n) is 4.26. The summed E-state index contributed by atoms with van der Waals surface area (Å²) in [6, 6.07) is 10.5. The van der Waals surface area contributed by atoms with E-state index in [0.717, 1.165) is 32.4 Å². The highest BCUT2D eigenvalue weighted by Gasteiger charge is 2.45. The number of benzene rings is 1. The van der Waals surface area contributed by atoms with Crippen LogP contribution >= 0.6 is 0 Å². The van der Waals surface area contributed by atoms with E-state index < -0.39 is 0 Å². The fourth-order valence-corrected chi connectivity index (χ4v) is 4.26. The highest BCUT2D eigenvalue weighted by atomic mass is 16.2. The van der Waals surface area contributed by atoms with Crippen LogP contribution in [0.2, 0.25) is 0 Å². The number of carbonyl (C=O) groups is 1. The smallest absolute Gasteiger partial charge is 0.223 e. The Balaban J connectivity index is 1.70. The molecule has 0 radical (unpaired) electrons. The van der Waals surface area contributed by atoms with E-state index in [0.29, 0.717) is 5.91 Å². The number of nitrogens with zero attached hydrogens (tertiary/aromatic N) is 2. The molecule has 0 aliphatic carbocycles. The van der Waals surface area contributed by atoms with Crippen LogP contribution in [0.15, 0.2) is 30.3 Å². The van der Waals surface area contributed by atoms with Gasteiger partial charge in [-0.25, -0.2) is 0 Å². The van der Waals surface area contributed by atoms with Gasteiger partial charge in [0.15, 0.2) is 0 Å². The number of carbonyl (C=O) groups excluding carboxylic acids is 1. The van der Waals surface area contributed by atoms with E-state index in [4.69, 9.17) is 0 Å². The monoisotopic (exact) mass is 314 g/mol. The van der Waals surface area contributed by atoms with Crippen molar-refractivity contribution in [3.05, 3.63) is 35.9 Å². The molecule has 0 N–H and O–H groups in total. The average Bonchev–Trinajstić information content (AvgIpc) is 2.75. The molecule has 1 aromatic carbocycles. The van der Waals surface area contributed by atoms with Gasteiger partial charge in [0.05, 0.1) is 0 Å². The molecular weight excluding hydrogens is 284 g/mol. The Kier molecular flexibility index (Phi) is 5.37. The Morgan fingerprint density at radius 3 is 2.70 bits per heavy atom. The summed E-state index contributed by atoms with van der Waals surface area (Å²) in [7, 11) is 0. The van der Waals surface area contributed by atoms with E-state index in [1.807, 2.05) is 6.07 Å². The van der Waals surface area contributed by atoms with Gasteiger partial charge in [-0.15, -0.1) is 0 Å². The number of amides is 1. The molecule has 2 saturated heterocycles. The first-order valence-corrected chi connectivity index (χ1v) is 9.30. The van der Waals surface area contributed by atoms with Gasteiger partial charge >= 0.3 is 0 Å². The SMILES string of the molecule is CCCCN1CCC[C@@]2(CCC(=O)N2Cc2ccccc2)CC1. The first-order chi connectivity index (χ1) is 11.2. The minimum Gasteiger partial charge on any atom is -0.333 e. The Morgan fingerprint density at radius 1 is 1.09 bits per heavy atom. The second-order valence-corrected chi connectivity index (χ2v) is 7.24. The zero-order valence-electron chi connectivity index (χ0n) is 14.5. The van der Waals surface area contributed by atoms with E-state index in [2.05, 4.69) is 41.0 Å². The number of hydrogen-bond acceptors (Lipinski definition) is 2. The standard InChI is InChI=1S/C20H30N2O/c1-2-3-14-21-15-7-11-20(13-16-21)12-10-19(23)22(20)17-18-8-5-4-6-9-18/h4-6,8-9H,2-3,7,10-17H2,1H3/t20-/m1/s1. The molecule has 1 aromatic rings. The number of likely N-dealkylation sites (tertiary alicyclic amines) is 2. The molecule has 2 aliphatic heterocycles. The first-order valence-electron chi connectivity index (χ1n) is 9.30. The third kappa shape index (κ3) is 3.77. The summed E-state index contributed by atoms with van der Waals surface area (Å²) < 4.78 is 0. The molecular formula is C20H30N2O. The molecule has 1 spiro atoms. The first kappa shape index (κ1) is 16.5. The molecule has 0 bridgehead atoms. The van der Waals surface area contributed by atoms with Crippen LogP contribution in [0.3, 0.4) is 0 Å². The van der Waals surface area contributed by atoms with Gasteiger partial charge in [-0.2, -0.15) is 0 Å². The normalized spacial score (nSPS) is 26.0. The fraction of sp³-hybridized carbons (Fsp3) is 0.650. The molecule has 3 nitrogen and oxygen atoms in total. The number of unbranched alkanes of at least 4 members (excludes halogenated alkanes) is 1. The zero-order chi connectivity index (χ0) is 16.1. The molecule has 1 atom stereocenters. The molecule has 0 saturated carbocycles. The molecule has 3 heteroatoms. The van der Waals surface area contributed by atoms with Gasteiger partial charge in [0.1, 0.15) is 0 Å². The van der Waals surface area contributed by atoms with Gasteiger partial charge in [-0.05, 0) is 50.8 Å². The van der Waals surface area contributed by atoms with Gasteiger partial charge in [0, 0.05) is 25.0 Å². The van der Waals surface area contributed by atoms with Crippen LogP contribution in [-0.4, -0.2) is 40.9 Å². The van der Waals surface area contributed by atoms with E-state index in [-0.39, 0.29) is 5.54 Å². The van der Waals surface area contributed by atoms with Gasteiger partial charge in [0.25, 0.3) is 0 Å². The molecule has 2 heterocycles. The number of hydrogen-bond donors (Lipinski definition) is 0. The van der Waals surface area contributed by atoms with Gasteiger partial charge < -0.3 is 9.80 Å². The summed E-state index contributed by atoms with van der Waals surface area (Å²) in [6.07, 6.45) is 7.90. The highest BCUT2D eigenvalue weighted by molar-refractivity contribution is 5.79. The van der Waals surface area contributed by atoms with Crippen LogP contribution in [0.25, 0.3) is 0 Å².